The van der Waals surface area contributed by atoms with Crippen LogP contribution in [0, 0.1) is 5.92 Å². The highest BCUT2D eigenvalue weighted by atomic mass is 16.2. The molecule has 4 heterocycles. The highest BCUT2D eigenvalue weighted by Gasteiger charge is 2.39. The third-order valence-electron chi connectivity index (χ3n) is 6.05. The summed E-state index contributed by atoms with van der Waals surface area (Å²) in [6.07, 6.45) is 9.01. The molecule has 0 spiro atoms. The maximum Gasteiger partial charge on any atom is 0.227 e. The van der Waals surface area contributed by atoms with Crippen molar-refractivity contribution in [3.63, 3.8) is 0 Å². The fraction of sp³-hybridized carbons (Fsp3) is 0.778. The predicted molar refractivity (Wildman–Crippen MR) is 92.7 cm³/mol. The third kappa shape index (κ3) is 3.09. The van der Waals surface area contributed by atoms with Gasteiger partial charge in [0.2, 0.25) is 5.91 Å². The second kappa shape index (κ2) is 6.84. The Morgan fingerprint density at radius 1 is 1.21 bits per heavy atom. The lowest BCUT2D eigenvalue weighted by molar-refractivity contribution is -0.137. The average Bonchev–Trinajstić information content (AvgIpc) is 3.35. The number of piperidine rings is 1. The summed E-state index contributed by atoms with van der Waals surface area (Å²) in [7, 11) is 1.94. The van der Waals surface area contributed by atoms with Gasteiger partial charge in [0.05, 0.1) is 12.1 Å². The third-order valence-corrected chi connectivity index (χ3v) is 6.05. The molecule has 0 aliphatic carbocycles. The van der Waals surface area contributed by atoms with E-state index < -0.39 is 0 Å². The molecule has 3 fully saturated rings. The van der Waals surface area contributed by atoms with Crippen molar-refractivity contribution < 1.29 is 4.79 Å². The van der Waals surface area contributed by atoms with Gasteiger partial charge >= 0.3 is 0 Å². The Balaban J connectivity index is 1.44. The molecule has 24 heavy (non-hydrogen) atoms. The summed E-state index contributed by atoms with van der Waals surface area (Å²) in [5.74, 6) is 0.669. The molecule has 3 atom stereocenters. The lowest BCUT2D eigenvalue weighted by atomic mass is 9.89. The van der Waals surface area contributed by atoms with Crippen LogP contribution in [0.4, 0.5) is 0 Å². The van der Waals surface area contributed by atoms with Gasteiger partial charge in [0.25, 0.3) is 0 Å². The second-order valence-corrected chi connectivity index (χ2v) is 7.64. The number of carbonyl (C=O) groups excluding carboxylic acids is 1. The van der Waals surface area contributed by atoms with Crippen LogP contribution < -0.4 is 5.32 Å². The number of hydrogen-bond donors (Lipinski definition) is 1. The van der Waals surface area contributed by atoms with Gasteiger partial charge in [-0.25, -0.2) is 0 Å². The zero-order chi connectivity index (χ0) is 16.5. The quantitative estimate of drug-likeness (QED) is 0.891. The lowest BCUT2D eigenvalue weighted by Crippen LogP contribution is -2.51. The Kier molecular flexibility index (Phi) is 4.59. The number of nitrogens with zero attached hydrogens (tertiary/aromatic N) is 4. The van der Waals surface area contributed by atoms with E-state index in [0.717, 1.165) is 32.6 Å². The van der Waals surface area contributed by atoms with Crippen molar-refractivity contribution in [2.75, 3.05) is 39.3 Å². The molecule has 4 rings (SSSR count). The number of aromatic nitrogens is 2. The Labute approximate surface area is 144 Å². The molecule has 132 valence electrons. The van der Waals surface area contributed by atoms with E-state index in [4.69, 9.17) is 0 Å². The minimum atomic E-state index is 0.0616. The van der Waals surface area contributed by atoms with Crippen molar-refractivity contribution in [1.82, 2.24) is 24.9 Å². The number of rotatable bonds is 3. The van der Waals surface area contributed by atoms with E-state index in [1.165, 1.54) is 37.9 Å². The van der Waals surface area contributed by atoms with Crippen LogP contribution in [0.2, 0.25) is 0 Å². The highest BCUT2D eigenvalue weighted by Crippen LogP contribution is 2.31. The fourth-order valence-electron chi connectivity index (χ4n) is 4.71. The molecular formula is C18H29N5O. The smallest absolute Gasteiger partial charge is 0.227 e. The van der Waals surface area contributed by atoms with E-state index in [9.17, 15) is 4.79 Å². The molecule has 1 amide bonds. The first-order valence-corrected chi connectivity index (χ1v) is 9.44. The monoisotopic (exact) mass is 331 g/mol. The zero-order valence-electron chi connectivity index (χ0n) is 14.7. The molecule has 1 N–H and O–H groups in total. The van der Waals surface area contributed by atoms with Crippen LogP contribution in [-0.2, 0) is 11.8 Å². The van der Waals surface area contributed by atoms with Gasteiger partial charge in [-0.3, -0.25) is 14.4 Å². The maximum atomic E-state index is 13.2. The SMILES string of the molecule is Cn1cc([C@H]2CNC[C@@H]2C(=O)N2CCCC(N3CCCC3)C2)cn1. The topological polar surface area (TPSA) is 53.4 Å². The van der Waals surface area contributed by atoms with Crippen molar-refractivity contribution in [2.24, 2.45) is 13.0 Å². The highest BCUT2D eigenvalue weighted by molar-refractivity contribution is 5.80. The number of aryl methyl sites for hydroxylation is 1. The minimum Gasteiger partial charge on any atom is -0.341 e. The first-order valence-electron chi connectivity index (χ1n) is 9.44. The molecule has 0 bridgehead atoms. The molecule has 3 saturated heterocycles. The van der Waals surface area contributed by atoms with Crippen molar-refractivity contribution in [3.05, 3.63) is 18.0 Å². The molecule has 1 unspecified atom stereocenters. The van der Waals surface area contributed by atoms with Crippen LogP contribution in [0.25, 0.3) is 0 Å². The Morgan fingerprint density at radius 2 is 2.04 bits per heavy atom. The first-order chi connectivity index (χ1) is 11.7. The predicted octanol–water partition coefficient (Wildman–Crippen LogP) is 0.810. The number of hydrogen-bond acceptors (Lipinski definition) is 4. The molecule has 1 aromatic rings. The maximum absolute atomic E-state index is 13.2. The Hall–Kier alpha value is -1.40. The van der Waals surface area contributed by atoms with Gasteiger partial charge in [0, 0.05) is 51.4 Å². The van der Waals surface area contributed by atoms with E-state index in [1.54, 1.807) is 0 Å². The summed E-state index contributed by atoms with van der Waals surface area (Å²) in [4.78, 5) is 17.9. The summed E-state index contributed by atoms with van der Waals surface area (Å²) < 4.78 is 1.83. The van der Waals surface area contributed by atoms with Crippen LogP contribution in [0.15, 0.2) is 12.4 Å². The number of nitrogens with one attached hydrogen (secondary N) is 1. The van der Waals surface area contributed by atoms with E-state index in [0.29, 0.717) is 11.9 Å². The van der Waals surface area contributed by atoms with E-state index in [-0.39, 0.29) is 11.8 Å². The lowest BCUT2D eigenvalue weighted by Gasteiger charge is -2.39. The fourth-order valence-corrected chi connectivity index (χ4v) is 4.71. The standard InChI is InChI=1S/C18H29N5O/c1-21-12-14(9-20-21)16-10-19-11-17(16)18(24)23-8-4-5-15(13-23)22-6-2-3-7-22/h9,12,15-17,19H,2-8,10-11,13H2,1H3/t15?,16-,17+/m1/s1. The van der Waals surface area contributed by atoms with E-state index >= 15 is 0 Å². The molecule has 6 heteroatoms. The van der Waals surface area contributed by atoms with Crippen LogP contribution in [0.1, 0.15) is 37.2 Å². The van der Waals surface area contributed by atoms with Crippen molar-refractivity contribution in [1.29, 1.82) is 0 Å². The number of carbonyl (C=O) groups is 1. The molecular weight excluding hydrogens is 302 g/mol. The zero-order valence-corrected chi connectivity index (χ0v) is 14.7. The van der Waals surface area contributed by atoms with Gasteiger partial charge in [0.15, 0.2) is 0 Å². The molecule has 3 aliphatic heterocycles. The van der Waals surface area contributed by atoms with Crippen LogP contribution >= 0.6 is 0 Å². The summed E-state index contributed by atoms with van der Waals surface area (Å²) in [6, 6.07) is 0.580. The first kappa shape index (κ1) is 16.1. The van der Waals surface area contributed by atoms with Gasteiger partial charge in [-0.05, 0) is 44.3 Å². The number of likely N-dealkylation sites (tertiary alicyclic amines) is 2. The van der Waals surface area contributed by atoms with Gasteiger partial charge in [-0.1, -0.05) is 0 Å². The van der Waals surface area contributed by atoms with Crippen molar-refractivity contribution in [3.8, 4) is 0 Å². The van der Waals surface area contributed by atoms with Crippen molar-refractivity contribution >= 4 is 5.91 Å². The molecule has 1 aromatic heterocycles. The summed E-state index contributed by atoms with van der Waals surface area (Å²) in [6.45, 7) is 5.97. The Bertz CT molecular complexity index is 580. The summed E-state index contributed by atoms with van der Waals surface area (Å²) in [5.41, 5.74) is 1.19. The number of amides is 1. The van der Waals surface area contributed by atoms with Crippen LogP contribution in [0.5, 0.6) is 0 Å². The Morgan fingerprint density at radius 3 is 2.79 bits per heavy atom. The minimum absolute atomic E-state index is 0.0616. The molecule has 0 radical (unpaired) electrons. The van der Waals surface area contributed by atoms with Gasteiger partial charge in [-0.15, -0.1) is 0 Å². The van der Waals surface area contributed by atoms with Crippen LogP contribution in [-0.4, -0.2) is 70.8 Å². The summed E-state index contributed by atoms with van der Waals surface area (Å²) in [5, 5.41) is 7.71. The van der Waals surface area contributed by atoms with E-state index in [2.05, 4.69) is 26.4 Å². The molecule has 0 saturated carbocycles. The molecule has 6 nitrogen and oxygen atoms in total. The summed E-state index contributed by atoms with van der Waals surface area (Å²) >= 11 is 0. The normalized spacial score (nSPS) is 31.7. The van der Waals surface area contributed by atoms with Crippen molar-refractivity contribution in [2.45, 2.75) is 37.6 Å². The largest absolute Gasteiger partial charge is 0.341 e. The molecule has 0 aromatic carbocycles. The van der Waals surface area contributed by atoms with Gasteiger partial charge < -0.3 is 10.2 Å². The molecule has 3 aliphatic rings. The second-order valence-electron chi connectivity index (χ2n) is 7.64. The van der Waals surface area contributed by atoms with E-state index in [1.807, 2.05) is 17.9 Å². The average molecular weight is 331 g/mol. The van der Waals surface area contributed by atoms with Gasteiger partial charge in [0.1, 0.15) is 0 Å². The van der Waals surface area contributed by atoms with Crippen LogP contribution in [0.3, 0.4) is 0 Å². The van der Waals surface area contributed by atoms with Gasteiger partial charge in [-0.2, -0.15) is 5.10 Å².